The summed E-state index contributed by atoms with van der Waals surface area (Å²) >= 11 is 0. The molecule has 1 aliphatic rings. The van der Waals surface area contributed by atoms with Gasteiger partial charge in [-0.1, -0.05) is 45.0 Å². The number of nitrogens with one attached hydrogen (secondary N) is 1. The lowest BCUT2D eigenvalue weighted by molar-refractivity contribution is -0.130. The molecule has 0 bridgehead atoms. The number of amides is 1. The van der Waals surface area contributed by atoms with Crippen LogP contribution in [0.1, 0.15) is 57.7 Å². The number of ether oxygens (including phenoxy) is 1. The molecule has 1 aromatic carbocycles. The molecule has 1 unspecified atom stereocenters. The van der Waals surface area contributed by atoms with Crippen LogP contribution in [0.4, 0.5) is 0 Å². The van der Waals surface area contributed by atoms with Crippen molar-refractivity contribution in [3.05, 3.63) is 35.4 Å². The molecule has 1 aromatic rings. The van der Waals surface area contributed by atoms with E-state index in [-0.39, 0.29) is 29.8 Å². The largest absolute Gasteiger partial charge is 0.381 e. The second-order valence-corrected chi connectivity index (χ2v) is 7.34. The fraction of sp³-hybridized carbons (Fsp3) is 0.611. The van der Waals surface area contributed by atoms with Crippen molar-refractivity contribution >= 4 is 18.3 Å². The van der Waals surface area contributed by atoms with Crippen LogP contribution >= 0.6 is 12.4 Å². The lowest BCUT2D eigenvalue weighted by atomic mass is 9.86. The molecule has 1 amide bonds. The van der Waals surface area contributed by atoms with Crippen molar-refractivity contribution in [1.82, 2.24) is 5.32 Å². The van der Waals surface area contributed by atoms with Gasteiger partial charge in [-0.05, 0) is 36.3 Å². The van der Waals surface area contributed by atoms with E-state index in [1.165, 1.54) is 5.56 Å². The van der Waals surface area contributed by atoms with Crippen LogP contribution in [0, 0.1) is 0 Å². The number of rotatable bonds is 3. The number of halogens is 1. The zero-order valence-corrected chi connectivity index (χ0v) is 15.3. The third-order valence-electron chi connectivity index (χ3n) is 4.46. The lowest BCUT2D eigenvalue weighted by Gasteiger charge is -2.33. The highest BCUT2D eigenvalue weighted by molar-refractivity contribution is 5.86. The van der Waals surface area contributed by atoms with Gasteiger partial charge in [0.15, 0.2) is 0 Å². The highest BCUT2D eigenvalue weighted by atomic mass is 35.5. The molecule has 2 rings (SSSR count). The van der Waals surface area contributed by atoms with E-state index in [0.29, 0.717) is 26.1 Å². The van der Waals surface area contributed by atoms with E-state index >= 15 is 0 Å². The first kappa shape index (κ1) is 19.9. The predicted molar refractivity (Wildman–Crippen MR) is 95.9 cm³/mol. The van der Waals surface area contributed by atoms with E-state index in [1.54, 1.807) is 0 Å². The standard InChI is InChI=1S/C18H28N2O2.ClH/c1-13(14-5-7-15(8-6-14)17(2,3)4)20-16(21)18(19)9-11-22-12-10-18;/h5-8,13H,9-12,19H2,1-4H3,(H,20,21);1H. The van der Waals surface area contributed by atoms with Crippen molar-refractivity contribution in [2.24, 2.45) is 5.73 Å². The Labute approximate surface area is 145 Å². The monoisotopic (exact) mass is 340 g/mol. The van der Waals surface area contributed by atoms with Gasteiger partial charge in [0.2, 0.25) is 5.91 Å². The van der Waals surface area contributed by atoms with Crippen molar-refractivity contribution in [3.8, 4) is 0 Å². The number of nitrogens with two attached hydrogens (primary N) is 1. The fourth-order valence-electron chi connectivity index (χ4n) is 2.66. The van der Waals surface area contributed by atoms with Gasteiger partial charge in [0.1, 0.15) is 0 Å². The van der Waals surface area contributed by atoms with Gasteiger partial charge in [0.25, 0.3) is 0 Å². The van der Waals surface area contributed by atoms with E-state index in [9.17, 15) is 4.79 Å². The minimum atomic E-state index is -0.794. The maximum Gasteiger partial charge on any atom is 0.240 e. The molecule has 23 heavy (non-hydrogen) atoms. The van der Waals surface area contributed by atoms with Gasteiger partial charge in [-0.2, -0.15) is 0 Å². The minimum absolute atomic E-state index is 0. The highest BCUT2D eigenvalue weighted by Gasteiger charge is 2.36. The van der Waals surface area contributed by atoms with Gasteiger partial charge in [0.05, 0.1) is 11.6 Å². The molecule has 1 saturated heterocycles. The number of benzene rings is 1. The minimum Gasteiger partial charge on any atom is -0.381 e. The van der Waals surface area contributed by atoms with Crippen LogP contribution < -0.4 is 11.1 Å². The summed E-state index contributed by atoms with van der Waals surface area (Å²) in [6, 6.07) is 8.37. The van der Waals surface area contributed by atoms with Crippen molar-refractivity contribution in [3.63, 3.8) is 0 Å². The second-order valence-electron chi connectivity index (χ2n) is 7.34. The van der Waals surface area contributed by atoms with Crippen molar-refractivity contribution in [2.75, 3.05) is 13.2 Å². The quantitative estimate of drug-likeness (QED) is 0.888. The molecule has 0 saturated carbocycles. The topological polar surface area (TPSA) is 64.4 Å². The Balaban J connectivity index is 0.00000264. The summed E-state index contributed by atoms with van der Waals surface area (Å²) in [6.45, 7) is 9.67. The van der Waals surface area contributed by atoms with E-state index in [4.69, 9.17) is 10.5 Å². The van der Waals surface area contributed by atoms with Crippen molar-refractivity contribution < 1.29 is 9.53 Å². The molecule has 1 atom stereocenters. The first-order valence-corrected chi connectivity index (χ1v) is 8.00. The maximum absolute atomic E-state index is 12.4. The van der Waals surface area contributed by atoms with Crippen LogP contribution in [-0.2, 0) is 14.9 Å². The molecule has 1 aliphatic heterocycles. The van der Waals surface area contributed by atoms with Crippen LogP contribution in [0.5, 0.6) is 0 Å². The molecule has 5 heteroatoms. The van der Waals surface area contributed by atoms with Crippen LogP contribution in [0.2, 0.25) is 0 Å². The zero-order valence-electron chi connectivity index (χ0n) is 14.5. The molecule has 0 spiro atoms. The Morgan fingerprint density at radius 2 is 1.74 bits per heavy atom. The average Bonchev–Trinajstić information content (AvgIpc) is 2.47. The Hall–Kier alpha value is -1.10. The van der Waals surface area contributed by atoms with Gasteiger partial charge in [0, 0.05) is 13.2 Å². The van der Waals surface area contributed by atoms with Crippen LogP contribution in [0.3, 0.4) is 0 Å². The van der Waals surface area contributed by atoms with Gasteiger partial charge < -0.3 is 15.8 Å². The fourth-order valence-corrected chi connectivity index (χ4v) is 2.66. The summed E-state index contributed by atoms with van der Waals surface area (Å²) in [4.78, 5) is 12.4. The molecule has 3 N–H and O–H groups in total. The molecular weight excluding hydrogens is 312 g/mol. The second kappa shape index (κ2) is 7.65. The average molecular weight is 341 g/mol. The summed E-state index contributed by atoms with van der Waals surface area (Å²) in [5, 5.41) is 3.05. The molecule has 4 nitrogen and oxygen atoms in total. The summed E-state index contributed by atoms with van der Waals surface area (Å²) in [5.41, 5.74) is 7.94. The predicted octanol–water partition coefficient (Wildman–Crippen LogP) is 3.09. The number of carbonyl (C=O) groups excluding carboxylic acids is 1. The van der Waals surface area contributed by atoms with E-state index < -0.39 is 5.54 Å². The smallest absolute Gasteiger partial charge is 0.240 e. The number of carbonyl (C=O) groups is 1. The SMILES string of the molecule is CC(NC(=O)C1(N)CCOCC1)c1ccc(C(C)(C)C)cc1.Cl. The molecule has 1 heterocycles. The van der Waals surface area contributed by atoms with Gasteiger partial charge in [-0.3, -0.25) is 4.79 Å². The van der Waals surface area contributed by atoms with Crippen LogP contribution in [0.15, 0.2) is 24.3 Å². The van der Waals surface area contributed by atoms with Gasteiger partial charge in [-0.15, -0.1) is 12.4 Å². The van der Waals surface area contributed by atoms with Gasteiger partial charge >= 0.3 is 0 Å². The Kier molecular flexibility index (Phi) is 6.63. The molecule has 1 fully saturated rings. The van der Waals surface area contributed by atoms with Crippen molar-refractivity contribution in [2.45, 2.75) is 57.5 Å². The Bertz CT molecular complexity index is 517. The molecule has 130 valence electrons. The van der Waals surface area contributed by atoms with E-state index in [0.717, 1.165) is 5.56 Å². The third-order valence-corrected chi connectivity index (χ3v) is 4.46. The molecule has 0 aliphatic carbocycles. The van der Waals surface area contributed by atoms with Crippen LogP contribution in [-0.4, -0.2) is 24.7 Å². The third kappa shape index (κ3) is 4.93. The van der Waals surface area contributed by atoms with Gasteiger partial charge in [-0.25, -0.2) is 0 Å². The van der Waals surface area contributed by atoms with Crippen LogP contribution in [0.25, 0.3) is 0 Å². The number of hydrogen-bond donors (Lipinski definition) is 2. The Morgan fingerprint density at radius 1 is 1.22 bits per heavy atom. The van der Waals surface area contributed by atoms with E-state index in [1.807, 2.05) is 6.92 Å². The molecule has 0 radical (unpaired) electrons. The highest BCUT2D eigenvalue weighted by Crippen LogP contribution is 2.25. The summed E-state index contributed by atoms with van der Waals surface area (Å²) in [5.74, 6) is -0.0804. The number of hydrogen-bond acceptors (Lipinski definition) is 3. The normalized spacial score (nSPS) is 18.7. The zero-order chi connectivity index (χ0) is 16.4. The summed E-state index contributed by atoms with van der Waals surface area (Å²) < 4.78 is 5.29. The first-order valence-electron chi connectivity index (χ1n) is 8.00. The molecular formula is C18H29ClN2O2. The Morgan fingerprint density at radius 3 is 2.22 bits per heavy atom. The first-order chi connectivity index (χ1) is 10.2. The summed E-state index contributed by atoms with van der Waals surface area (Å²) in [6.07, 6.45) is 1.16. The van der Waals surface area contributed by atoms with Crippen molar-refractivity contribution in [1.29, 1.82) is 0 Å². The lowest BCUT2D eigenvalue weighted by Crippen LogP contribution is -2.57. The summed E-state index contributed by atoms with van der Waals surface area (Å²) in [7, 11) is 0. The van der Waals surface area contributed by atoms with E-state index in [2.05, 4.69) is 50.4 Å². The maximum atomic E-state index is 12.4. The molecule has 0 aromatic heterocycles.